The minimum absolute atomic E-state index is 0.0114. The number of hydrogen-bond acceptors (Lipinski definition) is 5. The van der Waals surface area contributed by atoms with Gasteiger partial charge in [-0.2, -0.15) is 9.78 Å². The molecule has 0 saturated heterocycles. The molecule has 4 rings (SSSR count). The fraction of sp³-hybridized carbons (Fsp3) is 0.286. The number of phenols is 1. The van der Waals surface area contributed by atoms with Crippen molar-refractivity contribution in [2.45, 2.75) is 38.6 Å². The monoisotopic (exact) mass is 394 g/mol. The van der Waals surface area contributed by atoms with Crippen LogP contribution < -0.4 is 10.6 Å². The van der Waals surface area contributed by atoms with E-state index in [2.05, 4.69) is 15.7 Å². The van der Waals surface area contributed by atoms with Gasteiger partial charge in [0.2, 0.25) is 0 Å². The lowest BCUT2D eigenvalue weighted by molar-refractivity contribution is 0.0996. The number of aromatic hydroxyl groups is 1. The summed E-state index contributed by atoms with van der Waals surface area (Å²) in [6.07, 6.45) is 3.43. The van der Waals surface area contributed by atoms with Crippen molar-refractivity contribution in [3.05, 3.63) is 54.1 Å². The second-order valence-electron chi connectivity index (χ2n) is 7.41. The van der Waals surface area contributed by atoms with Crippen LogP contribution in [0.4, 0.5) is 10.5 Å². The van der Waals surface area contributed by atoms with Gasteiger partial charge in [0, 0.05) is 23.2 Å². The second-order valence-corrected chi connectivity index (χ2v) is 7.41. The lowest BCUT2D eigenvalue weighted by Crippen LogP contribution is -2.35. The molecule has 29 heavy (non-hydrogen) atoms. The first-order chi connectivity index (χ1) is 13.9. The van der Waals surface area contributed by atoms with Gasteiger partial charge in [-0.15, -0.1) is 0 Å². The SMILES string of the molecule is CC(C)NC(=O)n1nc(-c2cc(NC(=O)c3ccco3)ccc2O)cc1C1CC1. The molecule has 2 aromatic heterocycles. The third-order valence-corrected chi connectivity index (χ3v) is 4.61. The first-order valence-electron chi connectivity index (χ1n) is 9.51. The van der Waals surface area contributed by atoms with E-state index in [9.17, 15) is 14.7 Å². The van der Waals surface area contributed by atoms with Crippen molar-refractivity contribution >= 4 is 17.6 Å². The molecule has 1 aliphatic rings. The number of nitrogens with one attached hydrogen (secondary N) is 2. The summed E-state index contributed by atoms with van der Waals surface area (Å²) >= 11 is 0. The number of nitrogens with zero attached hydrogens (tertiary/aromatic N) is 2. The van der Waals surface area contributed by atoms with Crippen molar-refractivity contribution in [3.8, 4) is 17.0 Å². The van der Waals surface area contributed by atoms with E-state index in [0.29, 0.717) is 16.9 Å². The molecule has 1 aromatic carbocycles. The molecule has 150 valence electrons. The summed E-state index contributed by atoms with van der Waals surface area (Å²) in [5.74, 6) is 0.0906. The third-order valence-electron chi connectivity index (χ3n) is 4.61. The quantitative estimate of drug-likeness (QED) is 0.568. The Hall–Kier alpha value is -3.55. The summed E-state index contributed by atoms with van der Waals surface area (Å²) in [5.41, 5.74) is 2.20. The maximum absolute atomic E-state index is 12.5. The van der Waals surface area contributed by atoms with Gasteiger partial charge >= 0.3 is 6.03 Å². The highest BCUT2D eigenvalue weighted by molar-refractivity contribution is 6.02. The van der Waals surface area contributed by atoms with Crippen LogP contribution >= 0.6 is 0 Å². The van der Waals surface area contributed by atoms with Crippen molar-refractivity contribution in [2.24, 2.45) is 0 Å². The molecule has 0 bridgehead atoms. The second kappa shape index (κ2) is 7.46. The number of amides is 2. The molecule has 1 saturated carbocycles. The van der Waals surface area contributed by atoms with Crippen molar-refractivity contribution < 1.29 is 19.1 Å². The number of carbonyl (C=O) groups is 2. The first-order valence-corrected chi connectivity index (χ1v) is 9.51. The predicted molar refractivity (Wildman–Crippen MR) is 107 cm³/mol. The summed E-state index contributed by atoms with van der Waals surface area (Å²) in [6, 6.07) is 9.40. The van der Waals surface area contributed by atoms with Crippen LogP contribution in [-0.2, 0) is 0 Å². The topological polar surface area (TPSA) is 109 Å². The van der Waals surface area contributed by atoms with Crippen LogP contribution in [0.1, 0.15) is 48.9 Å². The van der Waals surface area contributed by atoms with Crippen LogP contribution in [0.15, 0.2) is 47.1 Å². The molecular formula is C21H22N4O4. The lowest BCUT2D eigenvalue weighted by Gasteiger charge is -2.10. The van der Waals surface area contributed by atoms with E-state index < -0.39 is 5.91 Å². The minimum atomic E-state index is -0.396. The third kappa shape index (κ3) is 4.01. The number of furan rings is 1. The van der Waals surface area contributed by atoms with Crippen molar-refractivity contribution in [3.63, 3.8) is 0 Å². The van der Waals surface area contributed by atoms with Crippen LogP contribution in [0.3, 0.4) is 0 Å². The Morgan fingerprint density at radius 3 is 2.69 bits per heavy atom. The summed E-state index contributed by atoms with van der Waals surface area (Å²) in [6.45, 7) is 3.77. The van der Waals surface area contributed by atoms with E-state index in [1.807, 2.05) is 19.9 Å². The maximum atomic E-state index is 12.5. The lowest BCUT2D eigenvalue weighted by atomic mass is 10.1. The van der Waals surface area contributed by atoms with Gasteiger partial charge in [0.25, 0.3) is 5.91 Å². The highest BCUT2D eigenvalue weighted by Gasteiger charge is 2.31. The van der Waals surface area contributed by atoms with E-state index in [4.69, 9.17) is 4.42 Å². The van der Waals surface area contributed by atoms with Crippen LogP contribution in [-0.4, -0.2) is 32.9 Å². The van der Waals surface area contributed by atoms with Crippen molar-refractivity contribution in [1.29, 1.82) is 0 Å². The zero-order chi connectivity index (χ0) is 20.5. The van der Waals surface area contributed by atoms with Gasteiger partial charge in [-0.1, -0.05) is 0 Å². The normalized spacial score (nSPS) is 13.5. The molecule has 1 aliphatic carbocycles. The van der Waals surface area contributed by atoms with Gasteiger partial charge in [0.05, 0.1) is 17.7 Å². The fourth-order valence-electron chi connectivity index (χ4n) is 3.09. The number of phenolic OH excluding ortho intramolecular Hbond substituents is 1. The zero-order valence-corrected chi connectivity index (χ0v) is 16.2. The zero-order valence-electron chi connectivity index (χ0n) is 16.2. The standard InChI is InChI=1S/C21H22N4O4/c1-12(2)22-21(28)25-17(13-5-6-13)11-16(24-25)15-10-14(7-8-18(15)26)23-20(27)19-4-3-9-29-19/h3-4,7-13,26H,5-6H2,1-2H3,(H,22,28)(H,23,27). The number of hydrogen-bond donors (Lipinski definition) is 3. The highest BCUT2D eigenvalue weighted by atomic mass is 16.3. The summed E-state index contributed by atoms with van der Waals surface area (Å²) < 4.78 is 6.47. The van der Waals surface area contributed by atoms with Gasteiger partial charge in [0.15, 0.2) is 5.76 Å². The molecule has 1 fully saturated rings. The molecule has 0 radical (unpaired) electrons. The van der Waals surface area contributed by atoms with E-state index >= 15 is 0 Å². The number of benzene rings is 1. The van der Waals surface area contributed by atoms with Gasteiger partial charge in [-0.25, -0.2) is 4.79 Å². The van der Waals surface area contributed by atoms with Crippen LogP contribution in [0.25, 0.3) is 11.3 Å². The van der Waals surface area contributed by atoms with Crippen molar-refractivity contribution in [2.75, 3.05) is 5.32 Å². The molecule has 0 unspecified atom stereocenters. The molecule has 3 aromatic rings. The maximum Gasteiger partial charge on any atom is 0.342 e. The molecule has 8 nitrogen and oxygen atoms in total. The molecule has 8 heteroatoms. The Bertz CT molecular complexity index is 1050. The van der Waals surface area contributed by atoms with Crippen LogP contribution in [0.5, 0.6) is 5.75 Å². The molecule has 2 heterocycles. The largest absolute Gasteiger partial charge is 0.507 e. The van der Waals surface area contributed by atoms with Crippen LogP contribution in [0, 0.1) is 0 Å². The predicted octanol–water partition coefficient (Wildman–Crippen LogP) is 3.94. The molecular weight excluding hydrogens is 372 g/mol. The summed E-state index contributed by atoms with van der Waals surface area (Å²) in [7, 11) is 0. The van der Waals surface area contributed by atoms with Gasteiger partial charge < -0.3 is 20.2 Å². The number of carbonyl (C=O) groups excluding carboxylic acids is 2. The smallest absolute Gasteiger partial charge is 0.342 e. The molecule has 3 N–H and O–H groups in total. The average molecular weight is 394 g/mol. The van der Waals surface area contributed by atoms with Gasteiger partial charge in [0.1, 0.15) is 5.75 Å². The molecule has 0 atom stereocenters. The number of aromatic nitrogens is 2. The van der Waals surface area contributed by atoms with E-state index in [-0.39, 0.29) is 29.5 Å². The summed E-state index contributed by atoms with van der Waals surface area (Å²) in [4.78, 5) is 24.8. The molecule has 0 spiro atoms. The first kappa shape index (κ1) is 18.8. The molecule has 2 amide bonds. The average Bonchev–Trinajstić information content (AvgIpc) is 3.19. The Morgan fingerprint density at radius 2 is 2.03 bits per heavy atom. The Labute approximate surface area is 167 Å². The number of anilines is 1. The van der Waals surface area contributed by atoms with E-state index in [0.717, 1.165) is 18.5 Å². The van der Waals surface area contributed by atoms with Crippen LogP contribution in [0.2, 0.25) is 0 Å². The molecule has 0 aliphatic heterocycles. The van der Waals surface area contributed by atoms with E-state index in [1.54, 1.807) is 24.3 Å². The fourth-order valence-corrected chi connectivity index (χ4v) is 3.09. The van der Waals surface area contributed by atoms with E-state index in [1.165, 1.54) is 17.0 Å². The Balaban J connectivity index is 1.65. The van der Waals surface area contributed by atoms with Gasteiger partial charge in [-0.3, -0.25) is 4.79 Å². The Morgan fingerprint density at radius 1 is 1.24 bits per heavy atom. The highest BCUT2D eigenvalue weighted by Crippen LogP contribution is 2.42. The van der Waals surface area contributed by atoms with Crippen molar-refractivity contribution in [1.82, 2.24) is 15.1 Å². The number of rotatable bonds is 5. The Kier molecular flexibility index (Phi) is 4.84. The summed E-state index contributed by atoms with van der Waals surface area (Å²) in [5, 5.41) is 20.4. The van der Waals surface area contributed by atoms with Gasteiger partial charge in [-0.05, 0) is 63.1 Å². The minimum Gasteiger partial charge on any atom is -0.507 e.